The molecule has 0 spiro atoms. The van der Waals surface area contributed by atoms with Crippen molar-refractivity contribution < 1.29 is 4.79 Å². The van der Waals surface area contributed by atoms with Crippen molar-refractivity contribution in [2.24, 2.45) is 13.0 Å². The molecular formula is C15H21N5OS. The van der Waals surface area contributed by atoms with E-state index in [2.05, 4.69) is 15.2 Å². The van der Waals surface area contributed by atoms with Gasteiger partial charge in [-0.25, -0.2) is 0 Å². The molecule has 118 valence electrons. The van der Waals surface area contributed by atoms with Crippen LogP contribution in [0.4, 0.5) is 0 Å². The fraction of sp³-hybridized carbons (Fsp3) is 0.467. The van der Waals surface area contributed by atoms with Gasteiger partial charge in [-0.05, 0) is 18.1 Å². The van der Waals surface area contributed by atoms with Crippen LogP contribution >= 0.6 is 11.8 Å². The van der Waals surface area contributed by atoms with Crippen molar-refractivity contribution in [1.29, 1.82) is 0 Å². The van der Waals surface area contributed by atoms with Crippen LogP contribution < -0.4 is 0 Å². The molecule has 2 heterocycles. The molecule has 1 unspecified atom stereocenters. The van der Waals surface area contributed by atoms with Gasteiger partial charge in [0.2, 0.25) is 5.91 Å². The number of aromatic nitrogens is 4. The van der Waals surface area contributed by atoms with Gasteiger partial charge in [0.15, 0.2) is 11.0 Å². The first-order chi connectivity index (χ1) is 10.4. The van der Waals surface area contributed by atoms with Crippen molar-refractivity contribution in [3.63, 3.8) is 0 Å². The summed E-state index contributed by atoms with van der Waals surface area (Å²) >= 11 is 1.45. The Labute approximate surface area is 134 Å². The number of rotatable bonds is 5. The van der Waals surface area contributed by atoms with E-state index in [1.807, 2.05) is 37.6 Å². The lowest BCUT2D eigenvalue weighted by Crippen LogP contribution is -2.35. The van der Waals surface area contributed by atoms with Crippen LogP contribution in [-0.2, 0) is 11.8 Å². The molecule has 0 saturated heterocycles. The zero-order valence-corrected chi connectivity index (χ0v) is 14.3. The summed E-state index contributed by atoms with van der Waals surface area (Å²) in [5.74, 6) is 1.04. The van der Waals surface area contributed by atoms with Crippen molar-refractivity contribution >= 4 is 17.7 Å². The van der Waals surface area contributed by atoms with E-state index in [1.54, 1.807) is 31.4 Å². The Morgan fingerprint density at radius 1 is 1.32 bits per heavy atom. The number of hydrogen-bond acceptors (Lipinski definition) is 5. The summed E-state index contributed by atoms with van der Waals surface area (Å²) in [6, 6.07) is 3.81. The molecule has 0 aliphatic carbocycles. The molecule has 2 aromatic heterocycles. The van der Waals surface area contributed by atoms with E-state index in [1.165, 1.54) is 11.8 Å². The number of amides is 1. The summed E-state index contributed by atoms with van der Waals surface area (Å²) < 4.78 is 1.90. The van der Waals surface area contributed by atoms with E-state index in [0.717, 1.165) is 16.5 Å². The summed E-state index contributed by atoms with van der Waals surface area (Å²) in [6.07, 6.45) is 3.48. The number of hydrogen-bond donors (Lipinski definition) is 0. The Morgan fingerprint density at radius 3 is 2.59 bits per heavy atom. The second kappa shape index (κ2) is 6.91. The van der Waals surface area contributed by atoms with Gasteiger partial charge in [0.05, 0.1) is 5.25 Å². The predicted molar refractivity (Wildman–Crippen MR) is 87.4 cm³/mol. The minimum absolute atomic E-state index is 0.0888. The molecule has 1 amide bonds. The minimum atomic E-state index is -0.181. The molecule has 1 atom stereocenters. The third kappa shape index (κ3) is 3.47. The molecule has 0 radical (unpaired) electrons. The number of carbonyl (C=O) groups excluding carboxylic acids is 1. The normalized spacial score (nSPS) is 12.5. The van der Waals surface area contributed by atoms with Crippen LogP contribution in [0.25, 0.3) is 11.4 Å². The maximum atomic E-state index is 12.3. The average Bonchev–Trinajstić information content (AvgIpc) is 2.85. The molecule has 0 saturated carbocycles. The molecule has 7 heteroatoms. The fourth-order valence-electron chi connectivity index (χ4n) is 2.00. The molecule has 2 aromatic rings. The summed E-state index contributed by atoms with van der Waals surface area (Å²) in [4.78, 5) is 18.0. The van der Waals surface area contributed by atoms with E-state index in [-0.39, 0.29) is 17.1 Å². The lowest BCUT2D eigenvalue weighted by Gasteiger charge is -2.22. The molecule has 0 aromatic carbocycles. The zero-order chi connectivity index (χ0) is 16.3. The number of pyridine rings is 1. The Hall–Kier alpha value is -1.89. The molecular weight excluding hydrogens is 298 g/mol. The van der Waals surface area contributed by atoms with Crippen LogP contribution in [0, 0.1) is 5.92 Å². The van der Waals surface area contributed by atoms with E-state index in [9.17, 15) is 4.79 Å². The molecule has 0 fully saturated rings. The second-order valence-corrected chi connectivity index (χ2v) is 6.73. The Bertz CT molecular complexity index is 639. The van der Waals surface area contributed by atoms with Crippen LogP contribution in [0.2, 0.25) is 0 Å². The van der Waals surface area contributed by atoms with Gasteiger partial charge in [-0.1, -0.05) is 25.6 Å². The van der Waals surface area contributed by atoms with Crippen molar-refractivity contribution in [3.8, 4) is 11.4 Å². The van der Waals surface area contributed by atoms with Crippen LogP contribution in [0.1, 0.15) is 13.8 Å². The average molecular weight is 319 g/mol. The van der Waals surface area contributed by atoms with Crippen molar-refractivity contribution in [2.75, 3.05) is 14.1 Å². The molecule has 6 nitrogen and oxygen atoms in total. The monoisotopic (exact) mass is 319 g/mol. The molecule has 0 N–H and O–H groups in total. The highest BCUT2D eigenvalue weighted by atomic mass is 32.2. The highest BCUT2D eigenvalue weighted by Crippen LogP contribution is 2.29. The Morgan fingerprint density at radius 2 is 2.05 bits per heavy atom. The Kier molecular flexibility index (Phi) is 5.18. The third-order valence-electron chi connectivity index (χ3n) is 3.28. The van der Waals surface area contributed by atoms with Gasteiger partial charge in [0.1, 0.15) is 0 Å². The largest absolute Gasteiger partial charge is 0.348 e. The predicted octanol–water partition coefficient (Wildman–Crippen LogP) is 2.08. The van der Waals surface area contributed by atoms with Gasteiger partial charge in [0, 0.05) is 39.1 Å². The first-order valence-corrected chi connectivity index (χ1v) is 7.97. The van der Waals surface area contributed by atoms with Crippen LogP contribution in [0.5, 0.6) is 0 Å². The number of carbonyl (C=O) groups is 1. The quantitative estimate of drug-likeness (QED) is 0.790. The number of nitrogens with zero attached hydrogens (tertiary/aromatic N) is 5. The summed E-state index contributed by atoms with van der Waals surface area (Å²) in [5.41, 5.74) is 0.907. The van der Waals surface area contributed by atoms with Gasteiger partial charge in [-0.2, -0.15) is 0 Å². The molecule has 0 bridgehead atoms. The lowest BCUT2D eigenvalue weighted by atomic mass is 10.1. The highest BCUT2D eigenvalue weighted by Gasteiger charge is 2.27. The summed E-state index contributed by atoms with van der Waals surface area (Å²) in [6.45, 7) is 4.08. The van der Waals surface area contributed by atoms with Gasteiger partial charge in [0.25, 0.3) is 0 Å². The van der Waals surface area contributed by atoms with Crippen molar-refractivity contribution in [1.82, 2.24) is 24.6 Å². The van der Waals surface area contributed by atoms with Crippen molar-refractivity contribution in [2.45, 2.75) is 24.3 Å². The smallest absolute Gasteiger partial charge is 0.235 e. The van der Waals surface area contributed by atoms with Gasteiger partial charge < -0.3 is 9.47 Å². The summed E-state index contributed by atoms with van der Waals surface area (Å²) in [5, 5.41) is 9.01. The maximum absolute atomic E-state index is 12.3. The minimum Gasteiger partial charge on any atom is -0.348 e. The van der Waals surface area contributed by atoms with Gasteiger partial charge >= 0.3 is 0 Å². The van der Waals surface area contributed by atoms with Crippen LogP contribution in [0.3, 0.4) is 0 Å². The van der Waals surface area contributed by atoms with E-state index in [0.29, 0.717) is 0 Å². The third-order valence-corrected chi connectivity index (χ3v) is 4.84. The highest BCUT2D eigenvalue weighted by molar-refractivity contribution is 8.00. The maximum Gasteiger partial charge on any atom is 0.235 e. The van der Waals surface area contributed by atoms with E-state index >= 15 is 0 Å². The second-order valence-electron chi connectivity index (χ2n) is 5.62. The first kappa shape index (κ1) is 16.5. The molecule has 0 aliphatic heterocycles. The number of thioether (sulfide) groups is 1. The lowest BCUT2D eigenvalue weighted by molar-refractivity contribution is -0.128. The fourth-order valence-corrected chi connectivity index (χ4v) is 3.15. The van der Waals surface area contributed by atoms with Gasteiger partial charge in [-0.15, -0.1) is 10.2 Å². The van der Waals surface area contributed by atoms with E-state index < -0.39 is 0 Å². The van der Waals surface area contributed by atoms with Crippen LogP contribution in [-0.4, -0.2) is 49.9 Å². The zero-order valence-electron chi connectivity index (χ0n) is 13.5. The summed E-state index contributed by atoms with van der Waals surface area (Å²) in [7, 11) is 5.45. The Balaban J connectivity index is 2.27. The van der Waals surface area contributed by atoms with Crippen molar-refractivity contribution in [3.05, 3.63) is 24.5 Å². The van der Waals surface area contributed by atoms with Gasteiger partial charge in [-0.3, -0.25) is 9.78 Å². The SMILES string of the molecule is CC(C)C(Sc1nnc(-c2cccnc2)n1C)C(=O)N(C)C. The molecule has 2 rings (SSSR count). The topological polar surface area (TPSA) is 63.9 Å². The molecule has 22 heavy (non-hydrogen) atoms. The first-order valence-electron chi connectivity index (χ1n) is 7.09. The van der Waals surface area contributed by atoms with E-state index in [4.69, 9.17) is 0 Å². The molecule has 0 aliphatic rings. The van der Waals surface area contributed by atoms with Crippen LogP contribution in [0.15, 0.2) is 29.7 Å². The standard InChI is InChI=1S/C15H21N5OS/c1-10(2)12(14(21)19(3)4)22-15-18-17-13(20(15)5)11-7-6-8-16-9-11/h6-10,12H,1-5H3.